The normalized spacial score (nSPS) is 18.5. The lowest BCUT2D eigenvalue weighted by Gasteiger charge is -2.41. The second-order valence-electron chi connectivity index (χ2n) is 8.70. The maximum atomic E-state index is 13.1. The van der Waals surface area contributed by atoms with E-state index in [1.807, 2.05) is 16.5 Å². The van der Waals surface area contributed by atoms with Crippen molar-refractivity contribution in [3.8, 4) is 16.3 Å². The molecule has 0 aliphatic carbocycles. The number of ether oxygens (including phenoxy) is 1. The lowest BCUT2D eigenvalue weighted by molar-refractivity contribution is -0.133. The summed E-state index contributed by atoms with van der Waals surface area (Å²) >= 11 is 1.55. The smallest absolute Gasteiger partial charge is 0.273 e. The number of carbonyl (C=O) groups is 1. The van der Waals surface area contributed by atoms with E-state index in [0.29, 0.717) is 6.04 Å². The number of nitrogens with zero attached hydrogens (tertiary/aromatic N) is 5. The minimum Gasteiger partial charge on any atom is -0.467 e. The third-order valence-corrected chi connectivity index (χ3v) is 7.26. The molecule has 0 radical (unpaired) electrons. The highest BCUT2D eigenvalue weighted by Gasteiger charge is 2.30. The van der Waals surface area contributed by atoms with Crippen LogP contribution in [-0.2, 0) is 11.3 Å². The molecule has 5 rings (SSSR count). The summed E-state index contributed by atoms with van der Waals surface area (Å²) in [6.45, 7) is 3.86. The highest BCUT2D eigenvalue weighted by atomic mass is 32.1. The van der Waals surface area contributed by atoms with Crippen LogP contribution >= 0.6 is 11.3 Å². The summed E-state index contributed by atoms with van der Waals surface area (Å²) in [7, 11) is 0. The summed E-state index contributed by atoms with van der Waals surface area (Å²) in [5.74, 6) is -0.170. The summed E-state index contributed by atoms with van der Waals surface area (Å²) in [5.41, 5.74) is 1.76. The van der Waals surface area contributed by atoms with Crippen LogP contribution in [-0.4, -0.2) is 68.8 Å². The molecule has 2 saturated heterocycles. The van der Waals surface area contributed by atoms with Gasteiger partial charge in [0.2, 0.25) is 5.91 Å². The van der Waals surface area contributed by atoms with Gasteiger partial charge in [-0.2, -0.15) is 5.10 Å². The molecule has 33 heavy (non-hydrogen) atoms. The standard InChI is InChI=1S/C24H28FN5O2S/c25-20-3-1-18(2-4-20)19-15-27-30(16-19)17-23(31)29-10-5-21(6-11-29)28-12-7-22(8-13-28)32-24-26-9-14-33-24/h1-4,9,14-16,21-22H,5-8,10-13,17H2. The second kappa shape index (κ2) is 10.0. The number of piperidine rings is 2. The van der Waals surface area contributed by atoms with Gasteiger partial charge in [-0.1, -0.05) is 23.5 Å². The molecule has 9 heteroatoms. The monoisotopic (exact) mass is 469 g/mol. The van der Waals surface area contributed by atoms with Gasteiger partial charge in [0.15, 0.2) is 0 Å². The molecule has 3 aromatic rings. The summed E-state index contributed by atoms with van der Waals surface area (Å²) in [4.78, 5) is 21.5. The van der Waals surface area contributed by atoms with E-state index < -0.39 is 0 Å². The minimum atomic E-state index is -0.266. The van der Waals surface area contributed by atoms with Crippen molar-refractivity contribution >= 4 is 17.2 Å². The van der Waals surface area contributed by atoms with E-state index in [-0.39, 0.29) is 24.4 Å². The van der Waals surface area contributed by atoms with E-state index >= 15 is 0 Å². The number of thiazole rings is 1. The first-order valence-corrected chi connectivity index (χ1v) is 12.4. The van der Waals surface area contributed by atoms with Crippen molar-refractivity contribution in [3.63, 3.8) is 0 Å². The first-order valence-electron chi connectivity index (χ1n) is 11.5. The van der Waals surface area contributed by atoms with Crippen molar-refractivity contribution < 1.29 is 13.9 Å². The fraction of sp³-hybridized carbons (Fsp3) is 0.458. The Bertz CT molecular complexity index is 1040. The molecule has 174 valence electrons. The SMILES string of the molecule is O=C(Cn1cc(-c2ccc(F)cc2)cn1)N1CCC(N2CCC(Oc3nccs3)CC2)CC1. The number of aromatic nitrogens is 3. The molecule has 2 aromatic heterocycles. The van der Waals surface area contributed by atoms with Gasteiger partial charge in [0, 0.05) is 55.6 Å². The number of halogens is 1. The van der Waals surface area contributed by atoms with E-state index in [0.717, 1.165) is 68.2 Å². The number of rotatable bonds is 6. The van der Waals surface area contributed by atoms with Gasteiger partial charge in [0.25, 0.3) is 5.19 Å². The number of amides is 1. The van der Waals surface area contributed by atoms with Crippen LogP contribution in [0.3, 0.4) is 0 Å². The van der Waals surface area contributed by atoms with Crippen LogP contribution in [0.25, 0.3) is 11.1 Å². The van der Waals surface area contributed by atoms with Crippen molar-refractivity contribution in [1.29, 1.82) is 0 Å². The largest absolute Gasteiger partial charge is 0.467 e. The summed E-state index contributed by atoms with van der Waals surface area (Å²) in [6, 6.07) is 6.83. The Balaban J connectivity index is 1.07. The van der Waals surface area contributed by atoms with Gasteiger partial charge in [0.05, 0.1) is 6.20 Å². The van der Waals surface area contributed by atoms with Crippen molar-refractivity contribution in [3.05, 3.63) is 54.1 Å². The molecular formula is C24H28FN5O2S. The van der Waals surface area contributed by atoms with E-state index in [2.05, 4.69) is 15.0 Å². The quantitative estimate of drug-likeness (QED) is 0.551. The second-order valence-corrected chi connectivity index (χ2v) is 9.55. The maximum absolute atomic E-state index is 13.1. The van der Waals surface area contributed by atoms with Crippen LogP contribution in [0.1, 0.15) is 25.7 Å². The van der Waals surface area contributed by atoms with E-state index in [1.54, 1.807) is 40.5 Å². The molecule has 1 aromatic carbocycles. The first-order chi connectivity index (χ1) is 16.1. The summed E-state index contributed by atoms with van der Waals surface area (Å²) in [6.07, 6.45) is 9.64. The van der Waals surface area contributed by atoms with E-state index in [4.69, 9.17) is 4.74 Å². The van der Waals surface area contributed by atoms with Gasteiger partial charge in [-0.15, -0.1) is 0 Å². The average Bonchev–Trinajstić information content (AvgIpc) is 3.53. The third-order valence-electron chi connectivity index (χ3n) is 6.60. The van der Waals surface area contributed by atoms with E-state index in [1.165, 1.54) is 12.1 Å². The van der Waals surface area contributed by atoms with Crippen molar-refractivity contribution in [2.45, 2.75) is 44.4 Å². The van der Waals surface area contributed by atoms with Gasteiger partial charge in [-0.25, -0.2) is 9.37 Å². The molecule has 0 saturated carbocycles. The Morgan fingerprint density at radius 3 is 2.52 bits per heavy atom. The van der Waals surface area contributed by atoms with Crippen molar-refractivity contribution in [2.24, 2.45) is 0 Å². The Labute approximate surface area is 196 Å². The topological polar surface area (TPSA) is 63.5 Å². The molecule has 4 heterocycles. The first kappa shape index (κ1) is 22.0. The number of hydrogen-bond acceptors (Lipinski definition) is 6. The zero-order chi connectivity index (χ0) is 22.6. The van der Waals surface area contributed by atoms with Gasteiger partial charge in [-0.05, 0) is 43.4 Å². The fourth-order valence-electron chi connectivity index (χ4n) is 4.73. The zero-order valence-corrected chi connectivity index (χ0v) is 19.3. The molecular weight excluding hydrogens is 441 g/mol. The number of benzene rings is 1. The van der Waals surface area contributed by atoms with Crippen molar-refractivity contribution in [1.82, 2.24) is 24.6 Å². The molecule has 1 amide bonds. The zero-order valence-electron chi connectivity index (χ0n) is 18.5. The molecule has 7 nitrogen and oxygen atoms in total. The lowest BCUT2D eigenvalue weighted by atomic mass is 9.99. The molecule has 0 spiro atoms. The molecule has 2 fully saturated rings. The fourth-order valence-corrected chi connectivity index (χ4v) is 5.28. The van der Waals surface area contributed by atoms with Gasteiger partial charge < -0.3 is 9.64 Å². The minimum absolute atomic E-state index is 0.0952. The molecule has 0 atom stereocenters. The third kappa shape index (κ3) is 5.42. The van der Waals surface area contributed by atoms with Crippen molar-refractivity contribution in [2.75, 3.05) is 26.2 Å². The predicted molar refractivity (Wildman–Crippen MR) is 125 cm³/mol. The molecule has 0 bridgehead atoms. The van der Waals surface area contributed by atoms with Gasteiger partial charge in [-0.3, -0.25) is 14.4 Å². The molecule has 2 aliphatic rings. The Hall–Kier alpha value is -2.78. The Morgan fingerprint density at radius 1 is 1.06 bits per heavy atom. The molecule has 0 unspecified atom stereocenters. The van der Waals surface area contributed by atoms with Gasteiger partial charge >= 0.3 is 0 Å². The highest BCUT2D eigenvalue weighted by molar-refractivity contribution is 7.11. The Morgan fingerprint density at radius 2 is 1.82 bits per heavy atom. The summed E-state index contributed by atoms with van der Waals surface area (Å²) in [5, 5.41) is 7.03. The summed E-state index contributed by atoms with van der Waals surface area (Å²) < 4.78 is 20.8. The van der Waals surface area contributed by atoms with Crippen LogP contribution in [0.4, 0.5) is 4.39 Å². The lowest BCUT2D eigenvalue weighted by Crippen LogP contribution is -2.50. The average molecular weight is 470 g/mol. The molecule has 0 N–H and O–H groups in total. The van der Waals surface area contributed by atoms with Crippen LogP contribution in [0.2, 0.25) is 0 Å². The highest BCUT2D eigenvalue weighted by Crippen LogP contribution is 2.25. The molecule has 2 aliphatic heterocycles. The van der Waals surface area contributed by atoms with Gasteiger partial charge in [0.1, 0.15) is 18.5 Å². The predicted octanol–water partition coefficient (Wildman–Crippen LogP) is 3.68. The number of carbonyl (C=O) groups excluding carboxylic acids is 1. The van der Waals surface area contributed by atoms with Crippen LogP contribution in [0, 0.1) is 5.82 Å². The maximum Gasteiger partial charge on any atom is 0.273 e. The van der Waals surface area contributed by atoms with Crippen LogP contribution in [0.15, 0.2) is 48.2 Å². The number of likely N-dealkylation sites (tertiary alicyclic amines) is 2. The van der Waals surface area contributed by atoms with E-state index in [9.17, 15) is 9.18 Å². The van der Waals surface area contributed by atoms with Crippen LogP contribution in [0.5, 0.6) is 5.19 Å². The Kier molecular flexibility index (Phi) is 6.68. The number of hydrogen-bond donors (Lipinski definition) is 0. The van der Waals surface area contributed by atoms with Crippen LogP contribution < -0.4 is 4.74 Å².